The summed E-state index contributed by atoms with van der Waals surface area (Å²) in [6.07, 6.45) is -4.32. The fraction of sp³-hybridized carbons (Fsp3) is 0.750. The van der Waals surface area contributed by atoms with E-state index in [0.29, 0.717) is 19.1 Å². The van der Waals surface area contributed by atoms with E-state index in [-0.39, 0.29) is 6.03 Å². The van der Waals surface area contributed by atoms with Crippen molar-refractivity contribution in [3.63, 3.8) is 0 Å². The summed E-state index contributed by atoms with van der Waals surface area (Å²) in [4.78, 5) is 26.7. The molecule has 0 atom stereocenters. The van der Waals surface area contributed by atoms with Crippen LogP contribution in [-0.4, -0.2) is 93.0 Å². The normalized spacial score (nSPS) is 14.3. The maximum Gasteiger partial charge on any atom is 0.490 e. The lowest BCUT2D eigenvalue weighted by Crippen LogP contribution is -2.40. The molecule has 160 valence electrons. The van der Waals surface area contributed by atoms with Gasteiger partial charge in [-0.05, 0) is 20.9 Å². The first-order valence-electron chi connectivity index (χ1n) is 8.72. The summed E-state index contributed by atoms with van der Waals surface area (Å²) < 4.78 is 33.9. The molecule has 2 rings (SSSR count). The molecule has 0 aliphatic carbocycles. The number of amides is 2. The van der Waals surface area contributed by atoms with E-state index in [1.54, 1.807) is 19.0 Å². The number of halogens is 3. The topological polar surface area (TPSA) is 94.8 Å². The van der Waals surface area contributed by atoms with Gasteiger partial charge in [0, 0.05) is 46.2 Å². The van der Waals surface area contributed by atoms with Gasteiger partial charge in [0.2, 0.25) is 0 Å². The van der Waals surface area contributed by atoms with Gasteiger partial charge in [-0.3, -0.25) is 4.90 Å². The molecule has 2 amide bonds. The zero-order valence-electron chi connectivity index (χ0n) is 16.7. The van der Waals surface area contributed by atoms with Gasteiger partial charge in [0.1, 0.15) is 11.6 Å². The number of hydrogen-bond acceptors (Lipinski definition) is 5. The quantitative estimate of drug-likeness (QED) is 0.810. The number of carbonyl (C=O) groups excluding carboxylic acids is 1. The van der Waals surface area contributed by atoms with Crippen molar-refractivity contribution < 1.29 is 27.9 Å². The van der Waals surface area contributed by atoms with Gasteiger partial charge in [0.15, 0.2) is 0 Å². The van der Waals surface area contributed by atoms with Crippen LogP contribution in [0.4, 0.5) is 18.0 Å². The molecule has 0 aromatic carbocycles. The number of carboxylic acids is 1. The molecule has 1 aromatic rings. The van der Waals surface area contributed by atoms with E-state index in [1.165, 1.54) is 0 Å². The Morgan fingerprint density at radius 3 is 2.18 bits per heavy atom. The minimum absolute atomic E-state index is 0.0644. The van der Waals surface area contributed by atoms with Gasteiger partial charge in [0.05, 0.1) is 6.54 Å². The van der Waals surface area contributed by atoms with Crippen LogP contribution in [0.15, 0.2) is 0 Å². The van der Waals surface area contributed by atoms with Crippen molar-refractivity contribution in [2.45, 2.75) is 45.6 Å². The number of rotatable bonds is 3. The maximum atomic E-state index is 12.1. The SMILES string of the molecule is CC(C)N(C)Cc1nnc2n1CCN(C(=O)N(C)C)CC2.O=C(O)C(F)(F)F. The van der Waals surface area contributed by atoms with Crippen molar-refractivity contribution in [1.29, 1.82) is 0 Å². The van der Waals surface area contributed by atoms with E-state index in [9.17, 15) is 18.0 Å². The molecular formula is C16H27F3N6O3. The summed E-state index contributed by atoms with van der Waals surface area (Å²) in [5.74, 6) is -0.788. The monoisotopic (exact) mass is 408 g/mol. The van der Waals surface area contributed by atoms with Gasteiger partial charge in [-0.25, -0.2) is 9.59 Å². The molecular weight excluding hydrogens is 381 g/mol. The Kier molecular flexibility index (Phi) is 8.21. The van der Waals surface area contributed by atoms with Crippen LogP contribution in [0.1, 0.15) is 25.5 Å². The van der Waals surface area contributed by atoms with Crippen LogP contribution < -0.4 is 0 Å². The minimum Gasteiger partial charge on any atom is -0.475 e. The van der Waals surface area contributed by atoms with Crippen molar-refractivity contribution in [1.82, 2.24) is 29.5 Å². The van der Waals surface area contributed by atoms with Gasteiger partial charge in [-0.15, -0.1) is 10.2 Å². The minimum atomic E-state index is -5.08. The van der Waals surface area contributed by atoms with Crippen molar-refractivity contribution in [2.24, 2.45) is 0 Å². The first-order chi connectivity index (χ1) is 12.8. The van der Waals surface area contributed by atoms with Crippen molar-refractivity contribution in [2.75, 3.05) is 34.2 Å². The fourth-order valence-electron chi connectivity index (χ4n) is 2.38. The smallest absolute Gasteiger partial charge is 0.475 e. The van der Waals surface area contributed by atoms with Gasteiger partial charge in [0.25, 0.3) is 0 Å². The first kappa shape index (κ1) is 23.7. The maximum absolute atomic E-state index is 12.1. The number of carboxylic acid groups (broad SMARTS) is 1. The first-order valence-corrected chi connectivity index (χ1v) is 8.72. The van der Waals surface area contributed by atoms with Gasteiger partial charge in [-0.2, -0.15) is 13.2 Å². The van der Waals surface area contributed by atoms with Gasteiger partial charge in [-0.1, -0.05) is 0 Å². The lowest BCUT2D eigenvalue weighted by molar-refractivity contribution is -0.192. The van der Waals surface area contributed by atoms with Crippen LogP contribution in [0, 0.1) is 0 Å². The summed E-state index contributed by atoms with van der Waals surface area (Å²) in [6.45, 7) is 7.29. The number of carbonyl (C=O) groups is 2. The molecule has 1 aliphatic heterocycles. The fourth-order valence-corrected chi connectivity index (χ4v) is 2.38. The lowest BCUT2D eigenvalue weighted by atomic mass is 10.3. The number of aromatic nitrogens is 3. The molecule has 0 spiro atoms. The average molecular weight is 408 g/mol. The zero-order chi connectivity index (χ0) is 21.6. The number of alkyl halides is 3. The molecule has 1 aromatic heterocycles. The lowest BCUT2D eigenvalue weighted by Gasteiger charge is -2.24. The molecule has 28 heavy (non-hydrogen) atoms. The molecule has 1 N–H and O–H groups in total. The van der Waals surface area contributed by atoms with Crippen molar-refractivity contribution in [3.05, 3.63) is 11.6 Å². The Bertz CT molecular complexity index is 675. The second-order valence-electron chi connectivity index (χ2n) is 6.91. The highest BCUT2D eigenvalue weighted by molar-refractivity contribution is 5.74. The molecule has 12 heteroatoms. The second-order valence-corrected chi connectivity index (χ2v) is 6.91. The molecule has 0 unspecified atom stereocenters. The van der Waals surface area contributed by atoms with Crippen LogP contribution in [0.5, 0.6) is 0 Å². The summed E-state index contributed by atoms with van der Waals surface area (Å²) >= 11 is 0. The van der Waals surface area contributed by atoms with E-state index in [2.05, 4.69) is 40.6 Å². The van der Waals surface area contributed by atoms with E-state index in [1.807, 2.05) is 4.90 Å². The van der Waals surface area contributed by atoms with Crippen LogP contribution in [0.25, 0.3) is 0 Å². The number of nitrogens with zero attached hydrogens (tertiary/aromatic N) is 6. The number of aliphatic carboxylic acids is 1. The van der Waals surface area contributed by atoms with E-state index in [0.717, 1.165) is 31.2 Å². The Labute approximate surface area is 161 Å². The van der Waals surface area contributed by atoms with Crippen LogP contribution in [-0.2, 0) is 24.3 Å². The third kappa shape index (κ3) is 6.66. The largest absolute Gasteiger partial charge is 0.490 e. The number of hydrogen-bond donors (Lipinski definition) is 1. The summed E-state index contributed by atoms with van der Waals surface area (Å²) in [5, 5.41) is 15.8. The molecule has 0 radical (unpaired) electrons. The molecule has 1 aliphatic rings. The summed E-state index contributed by atoms with van der Waals surface area (Å²) in [5.41, 5.74) is 0. The number of fused-ring (bicyclic) bond motifs is 1. The molecule has 0 saturated carbocycles. The van der Waals surface area contributed by atoms with Gasteiger partial charge >= 0.3 is 18.2 Å². The highest BCUT2D eigenvalue weighted by Gasteiger charge is 2.38. The Balaban J connectivity index is 0.000000480. The second kappa shape index (κ2) is 9.71. The van der Waals surface area contributed by atoms with Crippen LogP contribution in [0.3, 0.4) is 0 Å². The third-order valence-corrected chi connectivity index (χ3v) is 4.27. The molecule has 2 heterocycles. The van der Waals surface area contributed by atoms with Gasteiger partial charge < -0.3 is 19.5 Å². The zero-order valence-corrected chi connectivity index (χ0v) is 16.7. The highest BCUT2D eigenvalue weighted by atomic mass is 19.4. The Hall–Kier alpha value is -2.37. The van der Waals surface area contributed by atoms with Crippen LogP contribution >= 0.6 is 0 Å². The van der Waals surface area contributed by atoms with Crippen molar-refractivity contribution >= 4 is 12.0 Å². The summed E-state index contributed by atoms with van der Waals surface area (Å²) in [7, 11) is 5.66. The highest BCUT2D eigenvalue weighted by Crippen LogP contribution is 2.13. The predicted molar refractivity (Wildman–Crippen MR) is 94.7 cm³/mol. The van der Waals surface area contributed by atoms with Crippen molar-refractivity contribution in [3.8, 4) is 0 Å². The predicted octanol–water partition coefficient (Wildman–Crippen LogP) is 1.29. The van der Waals surface area contributed by atoms with E-state index >= 15 is 0 Å². The Morgan fingerprint density at radius 1 is 1.14 bits per heavy atom. The van der Waals surface area contributed by atoms with E-state index < -0.39 is 12.1 Å². The third-order valence-electron chi connectivity index (χ3n) is 4.27. The Morgan fingerprint density at radius 2 is 1.71 bits per heavy atom. The average Bonchev–Trinajstić information content (AvgIpc) is 2.83. The van der Waals surface area contributed by atoms with E-state index in [4.69, 9.17) is 9.90 Å². The summed E-state index contributed by atoms with van der Waals surface area (Å²) in [6, 6.07) is 0.533. The van der Waals surface area contributed by atoms with Crippen LogP contribution in [0.2, 0.25) is 0 Å². The molecule has 9 nitrogen and oxygen atoms in total. The number of urea groups is 1. The standard InChI is InChI=1S/C14H26N6O.C2HF3O2/c1-11(2)18(5)10-13-16-15-12-6-7-19(8-9-20(12)13)14(21)17(3)4;3-2(4,5)1(6)7/h11H,6-10H2,1-5H3;(H,6,7). The molecule has 0 saturated heterocycles. The molecule has 0 fully saturated rings. The molecule has 0 bridgehead atoms.